The minimum Gasteiger partial charge on any atom is -0.444 e. The second-order valence-corrected chi connectivity index (χ2v) is 1.97. The van der Waals surface area contributed by atoms with Crippen LogP contribution in [0.1, 0.15) is 20.3 Å². The van der Waals surface area contributed by atoms with Crippen LogP contribution in [0.25, 0.3) is 0 Å². The largest absolute Gasteiger partial charge is 0.444 e. The summed E-state index contributed by atoms with van der Waals surface area (Å²) in [6.07, 6.45) is 0.797. The molecule has 1 saturated heterocycles. The number of rotatable bonds is 1. The van der Waals surface area contributed by atoms with Crippen molar-refractivity contribution in [1.29, 1.82) is 0 Å². The van der Waals surface area contributed by atoms with E-state index in [1.165, 1.54) is 0 Å². The van der Waals surface area contributed by atoms with E-state index in [0.29, 0.717) is 0 Å². The predicted molar refractivity (Wildman–Crippen MR) is 24.8 cm³/mol. The third-order valence-corrected chi connectivity index (χ3v) is 1.38. The van der Waals surface area contributed by atoms with Gasteiger partial charge in [-0.15, -0.1) is 0 Å². The Labute approximate surface area is 42.5 Å². The maximum absolute atomic E-state index is 10.2. The highest BCUT2D eigenvalue weighted by Gasteiger charge is 2.51. The first-order valence-corrected chi connectivity index (χ1v) is 2.42. The molecular weight excluding hydrogens is 92.1 g/mol. The van der Waals surface area contributed by atoms with Crippen molar-refractivity contribution in [3.63, 3.8) is 0 Å². The third-order valence-electron chi connectivity index (χ3n) is 1.38. The fraction of sp³-hybridized carbons (Fsp3) is 0.800. The van der Waals surface area contributed by atoms with Crippen LogP contribution in [0.2, 0.25) is 0 Å². The smallest absolute Gasteiger partial charge is 0.351 e. The van der Waals surface area contributed by atoms with Crippen LogP contribution in [0.4, 0.5) is 0 Å². The Hall–Kier alpha value is -0.530. The van der Waals surface area contributed by atoms with Crippen LogP contribution in [0.15, 0.2) is 0 Å². The number of cyclic esters (lactones) is 1. The number of hydrogen-bond donors (Lipinski definition) is 0. The fourth-order valence-corrected chi connectivity index (χ4v) is 0.396. The van der Waals surface area contributed by atoms with Crippen LogP contribution in [-0.4, -0.2) is 11.6 Å². The molecule has 0 aliphatic carbocycles. The van der Waals surface area contributed by atoms with E-state index in [1.54, 1.807) is 6.92 Å². The maximum atomic E-state index is 10.2. The van der Waals surface area contributed by atoms with Crippen LogP contribution in [0, 0.1) is 0 Å². The number of ether oxygens (including phenoxy) is 1. The molecule has 1 rings (SSSR count). The second-order valence-electron chi connectivity index (χ2n) is 1.97. The zero-order valence-corrected chi connectivity index (χ0v) is 4.52. The summed E-state index contributed by atoms with van der Waals surface area (Å²) in [5.74, 6) is -0.0602. The van der Waals surface area contributed by atoms with Crippen molar-refractivity contribution >= 4 is 5.97 Å². The summed E-state index contributed by atoms with van der Waals surface area (Å²) in [4.78, 5) is 10.2. The predicted octanol–water partition coefficient (Wildman–Crippen LogP) is 0.712. The van der Waals surface area contributed by atoms with Crippen molar-refractivity contribution in [3.8, 4) is 0 Å². The molecule has 1 atom stereocenters. The van der Waals surface area contributed by atoms with Gasteiger partial charge in [-0.3, -0.25) is 0 Å². The van der Waals surface area contributed by atoms with Crippen LogP contribution >= 0.6 is 0 Å². The molecule has 2 heteroatoms. The molecule has 0 N–H and O–H groups in total. The van der Waals surface area contributed by atoms with E-state index in [-0.39, 0.29) is 11.6 Å². The van der Waals surface area contributed by atoms with Gasteiger partial charge in [0.1, 0.15) is 0 Å². The minimum atomic E-state index is -0.389. The first-order valence-electron chi connectivity index (χ1n) is 2.42. The number of hydrogen-bond acceptors (Lipinski definition) is 2. The van der Waals surface area contributed by atoms with E-state index in [1.807, 2.05) is 6.92 Å². The molecule has 2 nitrogen and oxygen atoms in total. The molecule has 0 aromatic heterocycles. The Morgan fingerprint density at radius 1 is 1.86 bits per heavy atom. The number of carbonyl (C=O) groups is 1. The first kappa shape index (κ1) is 4.62. The van der Waals surface area contributed by atoms with Gasteiger partial charge in [-0.05, 0) is 13.3 Å². The molecule has 0 amide bonds. The van der Waals surface area contributed by atoms with Crippen LogP contribution in [0.3, 0.4) is 0 Å². The van der Waals surface area contributed by atoms with Gasteiger partial charge in [0, 0.05) is 0 Å². The Bertz CT molecular complexity index is 109. The number of carbonyl (C=O) groups excluding carboxylic acids is 1. The Morgan fingerprint density at radius 3 is 2.29 bits per heavy atom. The van der Waals surface area contributed by atoms with Gasteiger partial charge in [-0.2, -0.15) is 0 Å². The molecule has 0 bridgehead atoms. The summed E-state index contributed by atoms with van der Waals surface area (Å²) in [5, 5.41) is 0. The van der Waals surface area contributed by atoms with E-state index in [0.717, 1.165) is 6.42 Å². The molecule has 0 aromatic rings. The van der Waals surface area contributed by atoms with Gasteiger partial charge in [0.15, 0.2) is 0 Å². The normalized spacial score (nSPS) is 37.7. The highest BCUT2D eigenvalue weighted by atomic mass is 16.7. The van der Waals surface area contributed by atoms with Gasteiger partial charge in [-0.25, -0.2) is 4.79 Å². The van der Waals surface area contributed by atoms with Crippen LogP contribution in [0.5, 0.6) is 0 Å². The molecule has 1 unspecified atom stereocenters. The summed E-state index contributed by atoms with van der Waals surface area (Å²) < 4.78 is 4.61. The van der Waals surface area contributed by atoms with Crippen molar-refractivity contribution in [1.82, 2.24) is 0 Å². The van der Waals surface area contributed by atoms with Crippen molar-refractivity contribution in [2.75, 3.05) is 0 Å². The summed E-state index contributed by atoms with van der Waals surface area (Å²) in [6.45, 7) is 3.74. The minimum absolute atomic E-state index is 0.0602. The van der Waals surface area contributed by atoms with E-state index >= 15 is 0 Å². The van der Waals surface area contributed by atoms with Gasteiger partial charge in [0.25, 0.3) is 0 Å². The van der Waals surface area contributed by atoms with Gasteiger partial charge in [0.05, 0.1) is 0 Å². The molecule has 0 aromatic carbocycles. The zero-order valence-electron chi connectivity index (χ0n) is 4.52. The number of epoxide rings is 1. The molecule has 0 radical (unpaired) electrons. The van der Waals surface area contributed by atoms with E-state index in [9.17, 15) is 4.79 Å². The average molecular weight is 100 g/mol. The van der Waals surface area contributed by atoms with Crippen molar-refractivity contribution in [2.45, 2.75) is 25.9 Å². The van der Waals surface area contributed by atoms with Crippen LogP contribution < -0.4 is 0 Å². The van der Waals surface area contributed by atoms with Gasteiger partial charge < -0.3 is 4.74 Å². The van der Waals surface area contributed by atoms with E-state index in [4.69, 9.17) is 0 Å². The summed E-state index contributed by atoms with van der Waals surface area (Å²) in [7, 11) is 0. The standard InChI is InChI=1S/C5H8O2/c1-3-5(2)4(6)7-5/h3H2,1-2H3. The molecule has 1 aliphatic heterocycles. The van der Waals surface area contributed by atoms with E-state index < -0.39 is 0 Å². The molecule has 0 saturated carbocycles. The lowest BCUT2D eigenvalue weighted by molar-refractivity contribution is -0.117. The van der Waals surface area contributed by atoms with E-state index in [2.05, 4.69) is 4.74 Å². The Morgan fingerprint density at radius 2 is 2.29 bits per heavy atom. The quantitative estimate of drug-likeness (QED) is 0.454. The Kier molecular flexibility index (Phi) is 0.659. The SMILES string of the molecule is CCC1(C)OC1=O. The first-order chi connectivity index (χ1) is 3.19. The Balaban J connectivity index is 2.52. The zero-order chi connectivity index (χ0) is 5.49. The lowest BCUT2D eigenvalue weighted by Crippen LogP contribution is -2.02. The summed E-state index contributed by atoms with van der Waals surface area (Å²) >= 11 is 0. The van der Waals surface area contributed by atoms with Crippen LogP contribution in [-0.2, 0) is 9.53 Å². The lowest BCUT2D eigenvalue weighted by atomic mass is 10.1. The molecule has 1 aliphatic rings. The highest BCUT2D eigenvalue weighted by Crippen LogP contribution is 2.31. The van der Waals surface area contributed by atoms with Gasteiger partial charge in [-0.1, -0.05) is 6.92 Å². The molecule has 0 spiro atoms. The molecule has 7 heavy (non-hydrogen) atoms. The maximum Gasteiger partial charge on any atom is 0.351 e. The third kappa shape index (κ3) is 0.501. The topological polar surface area (TPSA) is 29.6 Å². The monoisotopic (exact) mass is 100 g/mol. The second kappa shape index (κ2) is 0.997. The van der Waals surface area contributed by atoms with Gasteiger partial charge in [0.2, 0.25) is 5.60 Å². The van der Waals surface area contributed by atoms with Crippen molar-refractivity contribution in [2.24, 2.45) is 0 Å². The van der Waals surface area contributed by atoms with Crippen molar-refractivity contribution in [3.05, 3.63) is 0 Å². The molecule has 1 heterocycles. The summed E-state index contributed by atoms with van der Waals surface area (Å²) in [6, 6.07) is 0. The fourth-order valence-electron chi connectivity index (χ4n) is 0.396. The van der Waals surface area contributed by atoms with Gasteiger partial charge >= 0.3 is 5.97 Å². The molecule has 40 valence electrons. The lowest BCUT2D eigenvalue weighted by Gasteiger charge is -1.87. The molecule has 1 fully saturated rings. The highest BCUT2D eigenvalue weighted by molar-refractivity contribution is 5.92. The average Bonchev–Trinajstić information content (AvgIpc) is 2.18. The molecular formula is C5H8O2. The summed E-state index contributed by atoms with van der Waals surface area (Å²) in [5.41, 5.74) is -0.389. The van der Waals surface area contributed by atoms with Crippen molar-refractivity contribution < 1.29 is 9.53 Å².